The molecule has 3 nitrogen and oxygen atoms in total. The van der Waals surface area contributed by atoms with Gasteiger partial charge in [-0.25, -0.2) is 4.79 Å². The van der Waals surface area contributed by atoms with Gasteiger partial charge in [0.1, 0.15) is 11.9 Å². The van der Waals surface area contributed by atoms with Crippen LogP contribution in [0.15, 0.2) is 60.7 Å². The maximum atomic E-state index is 12.0. The first-order valence-electron chi connectivity index (χ1n) is 5.42. The maximum absolute atomic E-state index is 12.0. The lowest BCUT2D eigenvalue weighted by molar-refractivity contribution is -0.138. The fraction of sp³-hybridized carbons (Fsp3) is 0.0714. The molecule has 0 saturated heterocycles. The highest BCUT2D eigenvalue weighted by molar-refractivity contribution is 6.14. The minimum absolute atomic E-state index is 0.627. The van der Waals surface area contributed by atoms with E-state index >= 15 is 0 Å². The van der Waals surface area contributed by atoms with Crippen molar-refractivity contribution in [2.75, 3.05) is 0 Å². The number of hydrogen-bond acceptors (Lipinski definition) is 3. The van der Waals surface area contributed by atoms with Crippen molar-refractivity contribution in [3.05, 3.63) is 71.8 Å². The van der Waals surface area contributed by atoms with Crippen molar-refractivity contribution in [2.24, 2.45) is 5.73 Å². The predicted molar refractivity (Wildman–Crippen MR) is 69.8 cm³/mol. The van der Waals surface area contributed by atoms with Crippen LogP contribution in [0.3, 0.4) is 0 Å². The van der Waals surface area contributed by atoms with E-state index in [0.717, 1.165) is 0 Å². The van der Waals surface area contributed by atoms with Crippen LogP contribution in [0.25, 0.3) is 0 Å². The van der Waals surface area contributed by atoms with Crippen molar-refractivity contribution >= 4 is 17.8 Å². The zero-order valence-corrected chi connectivity index (χ0v) is 10.3. The van der Waals surface area contributed by atoms with E-state index in [1.807, 2.05) is 12.1 Å². The molecule has 0 atom stereocenters. The van der Waals surface area contributed by atoms with Gasteiger partial charge in [0.2, 0.25) is 0 Å². The Hall–Kier alpha value is -1.84. The molecule has 2 N–H and O–H groups in total. The summed E-state index contributed by atoms with van der Waals surface area (Å²) in [4.78, 5) is 12.0. The molecule has 0 fully saturated rings. The van der Waals surface area contributed by atoms with Gasteiger partial charge < -0.3 is 10.0 Å². The van der Waals surface area contributed by atoms with Gasteiger partial charge >= 0.3 is 5.97 Å². The molecule has 2 aromatic carbocycles. The Labute approximate surface area is 110 Å². The summed E-state index contributed by atoms with van der Waals surface area (Å²) in [6.07, 6.45) is 0. The second kappa shape index (κ2) is 5.21. The maximum Gasteiger partial charge on any atom is 0.353 e. The normalized spacial score (nSPS) is 11.0. The molecule has 2 rings (SSSR count). The number of halogens is 1. The zero-order chi connectivity index (χ0) is 13.0. The quantitative estimate of drug-likeness (QED) is 0.924. The summed E-state index contributed by atoms with van der Waals surface area (Å²) < 4.78 is 4.33. The van der Waals surface area contributed by atoms with Gasteiger partial charge in [-0.15, -0.1) is 0 Å². The SMILES string of the molecule is NC(C(=O)OCl)(c1ccccc1)c1ccccc1. The lowest BCUT2D eigenvalue weighted by Gasteiger charge is -2.26. The smallest absolute Gasteiger partial charge is 0.345 e. The first-order valence-corrected chi connectivity index (χ1v) is 5.73. The molecule has 0 aliphatic carbocycles. The summed E-state index contributed by atoms with van der Waals surface area (Å²) in [5, 5.41) is 0. The molecular formula is C14H12ClNO2. The van der Waals surface area contributed by atoms with Gasteiger partial charge in [-0.1, -0.05) is 60.7 Å². The predicted octanol–water partition coefficient (Wildman–Crippen LogP) is 2.59. The molecule has 0 aliphatic rings. The van der Waals surface area contributed by atoms with E-state index in [1.54, 1.807) is 48.5 Å². The topological polar surface area (TPSA) is 52.3 Å². The van der Waals surface area contributed by atoms with Gasteiger partial charge in [0.15, 0.2) is 5.54 Å². The molecule has 0 spiro atoms. The minimum Gasteiger partial charge on any atom is -0.345 e. The van der Waals surface area contributed by atoms with Crippen molar-refractivity contribution in [3.63, 3.8) is 0 Å². The first kappa shape index (κ1) is 12.6. The van der Waals surface area contributed by atoms with Gasteiger partial charge in [-0.05, 0) is 11.1 Å². The Morgan fingerprint density at radius 1 is 0.944 bits per heavy atom. The highest BCUT2D eigenvalue weighted by Gasteiger charge is 2.39. The second-order valence-corrected chi connectivity index (χ2v) is 4.06. The molecular weight excluding hydrogens is 250 g/mol. The van der Waals surface area contributed by atoms with Crippen molar-refractivity contribution < 1.29 is 9.08 Å². The molecule has 0 heterocycles. The van der Waals surface area contributed by atoms with Gasteiger partial charge in [0.25, 0.3) is 0 Å². The van der Waals surface area contributed by atoms with Crippen molar-refractivity contribution in [2.45, 2.75) is 5.54 Å². The molecule has 0 radical (unpaired) electrons. The lowest BCUT2D eigenvalue weighted by atomic mass is 9.84. The largest absolute Gasteiger partial charge is 0.353 e. The molecule has 2 aromatic rings. The molecule has 0 bridgehead atoms. The number of hydrogen-bond donors (Lipinski definition) is 1. The van der Waals surface area contributed by atoms with E-state index in [-0.39, 0.29) is 0 Å². The number of benzene rings is 2. The number of rotatable bonds is 3. The molecule has 0 unspecified atom stereocenters. The van der Waals surface area contributed by atoms with E-state index in [1.165, 1.54) is 0 Å². The van der Waals surface area contributed by atoms with Gasteiger partial charge in [-0.3, -0.25) is 0 Å². The van der Waals surface area contributed by atoms with Crippen LogP contribution in [-0.4, -0.2) is 5.97 Å². The van der Waals surface area contributed by atoms with E-state index in [2.05, 4.69) is 4.29 Å². The third-order valence-electron chi connectivity index (χ3n) is 2.85. The molecule has 0 amide bonds. The zero-order valence-electron chi connectivity index (χ0n) is 9.55. The van der Waals surface area contributed by atoms with E-state index in [0.29, 0.717) is 11.1 Å². The highest BCUT2D eigenvalue weighted by Crippen LogP contribution is 2.28. The standard InChI is InChI=1S/C14H12ClNO2/c15-18-13(17)14(16,11-7-3-1-4-8-11)12-9-5-2-6-10-12/h1-10H,16H2. The Balaban J connectivity index is 2.59. The van der Waals surface area contributed by atoms with Gasteiger partial charge in [0, 0.05) is 0 Å². The second-order valence-electron chi connectivity index (χ2n) is 3.90. The third kappa shape index (κ3) is 2.10. The Morgan fingerprint density at radius 3 is 1.67 bits per heavy atom. The monoisotopic (exact) mass is 261 g/mol. The Bertz CT molecular complexity index is 489. The number of carbonyl (C=O) groups excluding carboxylic acids is 1. The summed E-state index contributed by atoms with van der Waals surface area (Å²) in [7, 11) is 0. The fourth-order valence-electron chi connectivity index (χ4n) is 1.87. The summed E-state index contributed by atoms with van der Waals surface area (Å²) in [6.45, 7) is 0. The first-order chi connectivity index (χ1) is 8.69. The summed E-state index contributed by atoms with van der Waals surface area (Å²) >= 11 is 5.21. The minimum atomic E-state index is -1.40. The summed E-state index contributed by atoms with van der Waals surface area (Å²) in [5.41, 5.74) is 6.09. The van der Waals surface area contributed by atoms with E-state index in [4.69, 9.17) is 17.6 Å². The Kier molecular flexibility index (Phi) is 3.65. The van der Waals surface area contributed by atoms with Crippen LogP contribution >= 0.6 is 11.9 Å². The molecule has 0 saturated carbocycles. The van der Waals surface area contributed by atoms with Crippen LogP contribution in [0.2, 0.25) is 0 Å². The molecule has 18 heavy (non-hydrogen) atoms. The van der Waals surface area contributed by atoms with Crippen LogP contribution in [0.4, 0.5) is 0 Å². The van der Waals surface area contributed by atoms with Gasteiger partial charge in [-0.2, -0.15) is 0 Å². The van der Waals surface area contributed by atoms with Crippen LogP contribution in [0, 0.1) is 0 Å². The number of carbonyl (C=O) groups is 1. The average molecular weight is 262 g/mol. The van der Waals surface area contributed by atoms with Crippen molar-refractivity contribution in [3.8, 4) is 0 Å². The average Bonchev–Trinajstić information content (AvgIpc) is 2.47. The van der Waals surface area contributed by atoms with E-state index < -0.39 is 11.5 Å². The van der Waals surface area contributed by atoms with Crippen molar-refractivity contribution in [1.29, 1.82) is 0 Å². The molecule has 0 aromatic heterocycles. The van der Waals surface area contributed by atoms with Crippen LogP contribution in [0.5, 0.6) is 0 Å². The van der Waals surface area contributed by atoms with Crippen LogP contribution in [0.1, 0.15) is 11.1 Å². The molecule has 92 valence electrons. The fourth-order valence-corrected chi connectivity index (χ4v) is 1.99. The molecule has 0 aliphatic heterocycles. The molecule has 4 heteroatoms. The third-order valence-corrected chi connectivity index (χ3v) is 2.99. The highest BCUT2D eigenvalue weighted by atomic mass is 35.5. The van der Waals surface area contributed by atoms with Crippen molar-refractivity contribution in [1.82, 2.24) is 0 Å². The number of nitrogens with two attached hydrogens (primary N) is 1. The summed E-state index contributed by atoms with van der Waals surface area (Å²) in [6, 6.07) is 18.0. The van der Waals surface area contributed by atoms with Crippen LogP contribution in [-0.2, 0) is 14.6 Å². The van der Waals surface area contributed by atoms with Crippen LogP contribution < -0.4 is 5.73 Å². The van der Waals surface area contributed by atoms with E-state index in [9.17, 15) is 4.79 Å². The van der Waals surface area contributed by atoms with Gasteiger partial charge in [0.05, 0.1) is 0 Å². The lowest BCUT2D eigenvalue weighted by Crippen LogP contribution is -2.46. The Morgan fingerprint density at radius 2 is 1.33 bits per heavy atom. The summed E-state index contributed by atoms with van der Waals surface area (Å²) in [5.74, 6) is -0.707.